The Labute approximate surface area is 67.7 Å². The molecular formula is C8H13ClO. The molecule has 58 valence electrons. The molecule has 1 atom stereocenters. The van der Waals surface area contributed by atoms with Gasteiger partial charge in [0.25, 0.3) is 0 Å². The van der Waals surface area contributed by atoms with Crippen LogP contribution < -0.4 is 0 Å². The molecule has 0 saturated carbocycles. The summed E-state index contributed by atoms with van der Waals surface area (Å²) in [6.07, 6.45) is 6.64. The van der Waals surface area contributed by atoms with Crippen molar-refractivity contribution >= 4 is 11.6 Å². The molecule has 0 aliphatic heterocycles. The highest BCUT2D eigenvalue weighted by atomic mass is 35.5. The fourth-order valence-corrected chi connectivity index (χ4v) is 0.767. The van der Waals surface area contributed by atoms with E-state index in [4.69, 9.17) is 22.8 Å². The molecule has 0 aromatic carbocycles. The molecular weight excluding hydrogens is 148 g/mol. The highest BCUT2D eigenvalue weighted by Crippen LogP contribution is 2.04. The van der Waals surface area contributed by atoms with Crippen LogP contribution in [0, 0.1) is 12.3 Å². The van der Waals surface area contributed by atoms with Crippen LogP contribution in [0.1, 0.15) is 19.8 Å². The maximum Gasteiger partial charge on any atom is 0.0630 e. The van der Waals surface area contributed by atoms with E-state index in [1.807, 2.05) is 6.92 Å². The van der Waals surface area contributed by atoms with Crippen molar-refractivity contribution in [1.29, 1.82) is 0 Å². The SMILES string of the molecule is C#CCCC(Cl)COCC. The summed E-state index contributed by atoms with van der Waals surface area (Å²) in [4.78, 5) is 0. The van der Waals surface area contributed by atoms with Crippen molar-refractivity contribution in [2.24, 2.45) is 0 Å². The molecule has 0 rings (SSSR count). The van der Waals surface area contributed by atoms with Crippen LogP contribution in [0.2, 0.25) is 0 Å². The van der Waals surface area contributed by atoms with E-state index in [0.29, 0.717) is 6.61 Å². The molecule has 0 bridgehead atoms. The van der Waals surface area contributed by atoms with E-state index < -0.39 is 0 Å². The van der Waals surface area contributed by atoms with Crippen molar-refractivity contribution in [3.8, 4) is 12.3 Å². The lowest BCUT2D eigenvalue weighted by Crippen LogP contribution is -2.08. The van der Waals surface area contributed by atoms with Crippen molar-refractivity contribution in [1.82, 2.24) is 0 Å². The topological polar surface area (TPSA) is 9.23 Å². The summed E-state index contributed by atoms with van der Waals surface area (Å²) in [5.41, 5.74) is 0. The van der Waals surface area contributed by atoms with Gasteiger partial charge >= 0.3 is 0 Å². The zero-order chi connectivity index (χ0) is 7.82. The normalized spacial score (nSPS) is 12.5. The van der Waals surface area contributed by atoms with Crippen LogP contribution >= 0.6 is 11.6 Å². The summed E-state index contributed by atoms with van der Waals surface area (Å²) in [6, 6.07) is 0. The Hall–Kier alpha value is -0.190. The number of hydrogen-bond donors (Lipinski definition) is 0. The van der Waals surface area contributed by atoms with Gasteiger partial charge in [-0.2, -0.15) is 0 Å². The summed E-state index contributed by atoms with van der Waals surface area (Å²) in [7, 11) is 0. The van der Waals surface area contributed by atoms with Gasteiger partial charge in [0, 0.05) is 13.0 Å². The molecule has 0 aliphatic rings. The monoisotopic (exact) mass is 160 g/mol. The van der Waals surface area contributed by atoms with Crippen LogP contribution in [-0.2, 0) is 4.74 Å². The first-order chi connectivity index (χ1) is 4.81. The Kier molecular flexibility index (Phi) is 6.79. The summed E-state index contributed by atoms with van der Waals surface area (Å²) < 4.78 is 5.09. The van der Waals surface area contributed by atoms with Gasteiger partial charge in [-0.3, -0.25) is 0 Å². The average molecular weight is 161 g/mol. The minimum absolute atomic E-state index is 0.0796. The van der Waals surface area contributed by atoms with Gasteiger partial charge in [-0.1, -0.05) is 0 Å². The van der Waals surface area contributed by atoms with E-state index in [0.717, 1.165) is 19.4 Å². The van der Waals surface area contributed by atoms with E-state index in [1.54, 1.807) is 0 Å². The van der Waals surface area contributed by atoms with Gasteiger partial charge in [0.05, 0.1) is 12.0 Å². The molecule has 0 heterocycles. The molecule has 0 fully saturated rings. The fraction of sp³-hybridized carbons (Fsp3) is 0.750. The van der Waals surface area contributed by atoms with E-state index in [9.17, 15) is 0 Å². The van der Waals surface area contributed by atoms with Gasteiger partial charge in [0.1, 0.15) is 0 Å². The van der Waals surface area contributed by atoms with Gasteiger partial charge in [0.15, 0.2) is 0 Å². The Balaban J connectivity index is 3.10. The molecule has 0 saturated heterocycles. The Bertz CT molecular complexity index is 106. The third kappa shape index (κ3) is 5.94. The number of terminal acetylenes is 1. The van der Waals surface area contributed by atoms with Crippen LogP contribution in [0.25, 0.3) is 0 Å². The van der Waals surface area contributed by atoms with Crippen LogP contribution in [0.15, 0.2) is 0 Å². The first-order valence-electron chi connectivity index (χ1n) is 3.46. The number of ether oxygens (including phenoxy) is 1. The van der Waals surface area contributed by atoms with Gasteiger partial charge in [-0.05, 0) is 13.3 Å². The van der Waals surface area contributed by atoms with Crippen molar-refractivity contribution in [3.05, 3.63) is 0 Å². The van der Waals surface area contributed by atoms with E-state index >= 15 is 0 Å². The van der Waals surface area contributed by atoms with Gasteiger partial charge in [-0.15, -0.1) is 23.9 Å². The predicted molar refractivity (Wildman–Crippen MR) is 44.2 cm³/mol. The van der Waals surface area contributed by atoms with Gasteiger partial charge in [0.2, 0.25) is 0 Å². The second kappa shape index (κ2) is 6.92. The molecule has 0 aliphatic carbocycles. The molecule has 0 radical (unpaired) electrons. The largest absolute Gasteiger partial charge is 0.380 e. The van der Waals surface area contributed by atoms with Gasteiger partial charge in [-0.25, -0.2) is 0 Å². The molecule has 10 heavy (non-hydrogen) atoms. The lowest BCUT2D eigenvalue weighted by Gasteiger charge is -2.05. The summed E-state index contributed by atoms with van der Waals surface area (Å²) in [5, 5.41) is 0.0796. The molecule has 1 unspecified atom stereocenters. The minimum atomic E-state index is 0.0796. The van der Waals surface area contributed by atoms with E-state index in [2.05, 4.69) is 5.92 Å². The Morgan fingerprint density at radius 3 is 2.90 bits per heavy atom. The van der Waals surface area contributed by atoms with Crippen LogP contribution in [0.4, 0.5) is 0 Å². The number of alkyl halides is 1. The lowest BCUT2D eigenvalue weighted by molar-refractivity contribution is 0.146. The average Bonchev–Trinajstić information content (AvgIpc) is 1.97. The lowest BCUT2D eigenvalue weighted by atomic mass is 10.2. The maximum atomic E-state index is 5.82. The number of rotatable bonds is 5. The van der Waals surface area contributed by atoms with Crippen LogP contribution in [-0.4, -0.2) is 18.6 Å². The van der Waals surface area contributed by atoms with Crippen molar-refractivity contribution in [2.75, 3.05) is 13.2 Å². The number of halogens is 1. The van der Waals surface area contributed by atoms with Crippen LogP contribution in [0.3, 0.4) is 0 Å². The molecule has 2 heteroatoms. The van der Waals surface area contributed by atoms with Gasteiger partial charge < -0.3 is 4.74 Å². The third-order valence-electron chi connectivity index (χ3n) is 1.10. The van der Waals surface area contributed by atoms with E-state index in [-0.39, 0.29) is 5.38 Å². The predicted octanol–water partition coefficient (Wildman–Crippen LogP) is 2.04. The van der Waals surface area contributed by atoms with Crippen LogP contribution in [0.5, 0.6) is 0 Å². The molecule has 0 aromatic heterocycles. The fourth-order valence-electron chi connectivity index (χ4n) is 0.569. The molecule has 0 N–H and O–H groups in total. The summed E-state index contributed by atoms with van der Waals surface area (Å²) in [6.45, 7) is 3.28. The molecule has 1 nitrogen and oxygen atoms in total. The minimum Gasteiger partial charge on any atom is -0.380 e. The number of hydrogen-bond acceptors (Lipinski definition) is 1. The summed E-state index contributed by atoms with van der Waals surface area (Å²) in [5.74, 6) is 2.54. The molecule has 0 amide bonds. The first kappa shape index (κ1) is 9.81. The molecule has 0 aromatic rings. The zero-order valence-corrected chi connectivity index (χ0v) is 7.03. The van der Waals surface area contributed by atoms with E-state index in [1.165, 1.54) is 0 Å². The first-order valence-corrected chi connectivity index (χ1v) is 3.90. The smallest absolute Gasteiger partial charge is 0.0630 e. The quantitative estimate of drug-likeness (QED) is 0.442. The second-order valence-corrected chi connectivity index (χ2v) is 2.62. The van der Waals surface area contributed by atoms with Crippen molar-refractivity contribution in [2.45, 2.75) is 25.1 Å². The highest BCUT2D eigenvalue weighted by Gasteiger charge is 2.01. The highest BCUT2D eigenvalue weighted by molar-refractivity contribution is 6.20. The molecule has 0 spiro atoms. The van der Waals surface area contributed by atoms with Crippen molar-refractivity contribution < 1.29 is 4.74 Å². The zero-order valence-electron chi connectivity index (χ0n) is 6.27. The standard InChI is InChI=1S/C8H13ClO/c1-3-5-6-8(9)7-10-4-2/h1,8H,4-7H2,2H3. The second-order valence-electron chi connectivity index (χ2n) is 2.00. The third-order valence-corrected chi connectivity index (χ3v) is 1.45. The van der Waals surface area contributed by atoms with Crippen molar-refractivity contribution in [3.63, 3.8) is 0 Å². The Morgan fingerprint density at radius 1 is 1.70 bits per heavy atom. The Morgan fingerprint density at radius 2 is 2.40 bits per heavy atom. The summed E-state index contributed by atoms with van der Waals surface area (Å²) >= 11 is 5.82. The maximum absolute atomic E-state index is 5.82.